The molecule has 2 aromatic heterocycles. The number of nitrogens with one attached hydrogen (secondary N) is 2. The fraction of sp³-hybridized carbons (Fsp3) is 0.233. The summed E-state index contributed by atoms with van der Waals surface area (Å²) >= 11 is 0. The summed E-state index contributed by atoms with van der Waals surface area (Å²) in [5, 5.41) is 10.4. The van der Waals surface area contributed by atoms with Crippen molar-refractivity contribution in [2.45, 2.75) is 13.3 Å². The van der Waals surface area contributed by atoms with Crippen LogP contribution in [0.5, 0.6) is 5.75 Å². The van der Waals surface area contributed by atoms with E-state index in [1.54, 1.807) is 31.3 Å². The molecule has 0 fully saturated rings. The van der Waals surface area contributed by atoms with Gasteiger partial charge in [0.15, 0.2) is 0 Å². The van der Waals surface area contributed by atoms with Crippen LogP contribution in [0.2, 0.25) is 0 Å². The molecule has 0 saturated heterocycles. The van der Waals surface area contributed by atoms with Crippen LogP contribution < -0.4 is 10.1 Å². The van der Waals surface area contributed by atoms with E-state index in [2.05, 4.69) is 58.8 Å². The van der Waals surface area contributed by atoms with E-state index in [1.807, 2.05) is 36.4 Å². The second-order valence-electron chi connectivity index (χ2n) is 8.78. The molecule has 0 aliphatic carbocycles. The molecule has 37 heavy (non-hydrogen) atoms. The summed E-state index contributed by atoms with van der Waals surface area (Å²) in [6, 6.07) is 22.7. The van der Waals surface area contributed by atoms with E-state index in [9.17, 15) is 4.79 Å². The minimum atomic E-state index is -0.0232. The number of fused-ring (bicyclic) bond motifs is 1. The van der Waals surface area contributed by atoms with Gasteiger partial charge in [-0.25, -0.2) is 4.98 Å². The molecule has 4 rings (SSSR count). The van der Waals surface area contributed by atoms with E-state index < -0.39 is 0 Å². The number of amides is 1. The number of hydrogen-bond donors (Lipinski definition) is 2. The first kappa shape index (κ1) is 25.9. The summed E-state index contributed by atoms with van der Waals surface area (Å²) in [5.41, 5.74) is 7.26. The van der Waals surface area contributed by atoms with Gasteiger partial charge in [-0.15, -0.1) is 0 Å². The molecular weight excluding hydrogens is 462 g/mol. The zero-order chi connectivity index (χ0) is 26.0. The number of aromatic amines is 1. The lowest BCUT2D eigenvalue weighted by Crippen LogP contribution is -2.22. The van der Waals surface area contributed by atoms with Crippen LogP contribution in [0.4, 0.5) is 0 Å². The van der Waals surface area contributed by atoms with Crippen molar-refractivity contribution in [2.24, 2.45) is 0 Å². The molecule has 1 amide bonds. The first-order valence-corrected chi connectivity index (χ1v) is 12.5. The van der Waals surface area contributed by atoms with Crippen LogP contribution in [0, 0.1) is 0 Å². The molecule has 2 aromatic carbocycles. The van der Waals surface area contributed by atoms with Crippen molar-refractivity contribution >= 4 is 28.1 Å². The number of allylic oxidation sites excluding steroid dienone is 1. The molecule has 2 N–H and O–H groups in total. The summed E-state index contributed by atoms with van der Waals surface area (Å²) in [4.78, 5) is 18.0. The van der Waals surface area contributed by atoms with Crippen LogP contribution in [-0.4, -0.2) is 59.8 Å². The first-order chi connectivity index (χ1) is 18.1. The van der Waals surface area contributed by atoms with Crippen molar-refractivity contribution in [2.75, 3.05) is 33.8 Å². The van der Waals surface area contributed by atoms with Crippen LogP contribution in [0.15, 0.2) is 85.1 Å². The smallest absolute Gasteiger partial charge is 0.245 e. The number of ether oxygens (including phenoxy) is 1. The predicted octanol–water partition coefficient (Wildman–Crippen LogP) is 4.94. The third-order valence-corrected chi connectivity index (χ3v) is 5.98. The van der Waals surface area contributed by atoms with Gasteiger partial charge in [-0.3, -0.25) is 9.89 Å². The number of H-pyrrole nitrogens is 1. The van der Waals surface area contributed by atoms with Gasteiger partial charge >= 0.3 is 0 Å². The van der Waals surface area contributed by atoms with Crippen molar-refractivity contribution in [3.8, 4) is 5.75 Å². The molecule has 2 heterocycles. The van der Waals surface area contributed by atoms with Gasteiger partial charge < -0.3 is 15.0 Å². The molecule has 190 valence electrons. The van der Waals surface area contributed by atoms with Gasteiger partial charge in [0.25, 0.3) is 0 Å². The Balaban J connectivity index is 1.50. The highest BCUT2D eigenvalue weighted by atomic mass is 16.5. The molecule has 0 bridgehead atoms. The minimum absolute atomic E-state index is 0.0232. The number of aromatic nitrogens is 3. The number of nitrogens with zero attached hydrogens (tertiary/aromatic N) is 3. The van der Waals surface area contributed by atoms with Gasteiger partial charge in [-0.05, 0) is 47.4 Å². The molecule has 4 aromatic rings. The average Bonchev–Trinajstić information content (AvgIpc) is 3.40. The monoisotopic (exact) mass is 495 g/mol. The molecule has 7 heteroatoms. The number of likely N-dealkylation sites (N-methyl/N-ethyl adjacent to an activating group) is 1. The summed E-state index contributed by atoms with van der Waals surface area (Å²) in [5.74, 6) is 0.782. The molecule has 7 nitrogen and oxygen atoms in total. The fourth-order valence-electron chi connectivity index (χ4n) is 4.06. The van der Waals surface area contributed by atoms with Gasteiger partial charge in [0.1, 0.15) is 17.9 Å². The highest BCUT2D eigenvalue weighted by Gasteiger charge is 2.15. The molecule has 0 spiro atoms. The Labute approximate surface area is 217 Å². The van der Waals surface area contributed by atoms with E-state index in [1.165, 1.54) is 11.1 Å². The maximum atomic E-state index is 11.5. The lowest BCUT2D eigenvalue weighted by atomic mass is 9.90. The van der Waals surface area contributed by atoms with E-state index in [0.29, 0.717) is 19.7 Å². The third kappa shape index (κ3) is 6.71. The quantitative estimate of drug-likeness (QED) is 0.175. The SMILES string of the molecule is CC/C(=C(/c1ccc(OCCNC/C=C/C(=O)N(C)C)cc1)c1ccc2[nH]ncc2n1)c1ccccc1. The van der Waals surface area contributed by atoms with E-state index >= 15 is 0 Å². The van der Waals surface area contributed by atoms with Gasteiger partial charge in [0, 0.05) is 38.8 Å². The zero-order valence-corrected chi connectivity index (χ0v) is 21.6. The van der Waals surface area contributed by atoms with Crippen molar-refractivity contribution in [1.82, 2.24) is 25.4 Å². The molecule has 0 atom stereocenters. The van der Waals surface area contributed by atoms with Crippen LogP contribution in [0.3, 0.4) is 0 Å². The fourth-order valence-corrected chi connectivity index (χ4v) is 4.06. The number of benzene rings is 2. The van der Waals surface area contributed by atoms with Gasteiger partial charge in [-0.1, -0.05) is 55.5 Å². The van der Waals surface area contributed by atoms with Crippen LogP contribution in [0.1, 0.15) is 30.2 Å². The Bertz CT molecular complexity index is 1370. The summed E-state index contributed by atoms with van der Waals surface area (Å²) in [6.45, 7) is 3.99. The maximum Gasteiger partial charge on any atom is 0.245 e. The lowest BCUT2D eigenvalue weighted by Gasteiger charge is -2.16. The normalized spacial score (nSPS) is 12.1. The third-order valence-electron chi connectivity index (χ3n) is 5.98. The summed E-state index contributed by atoms with van der Waals surface area (Å²) in [7, 11) is 3.47. The molecule has 0 radical (unpaired) electrons. The van der Waals surface area contributed by atoms with Crippen molar-refractivity contribution in [3.05, 3.63) is 102 Å². The number of rotatable bonds is 11. The summed E-state index contributed by atoms with van der Waals surface area (Å²) < 4.78 is 5.93. The maximum absolute atomic E-state index is 11.5. The standard InChI is InChI=1S/C30H33N5O2/c1-4-25(22-9-6-5-7-10-22)30(27-17-16-26-28(33-27)21-32-34-26)23-12-14-24(15-13-23)37-20-19-31-18-8-11-29(36)35(2)3/h5-17,21,31H,4,18-20H2,1-3H3,(H,32,34)/b11-8+,30-25+. The molecule has 0 unspecified atom stereocenters. The predicted molar refractivity (Wildman–Crippen MR) is 149 cm³/mol. The highest BCUT2D eigenvalue weighted by molar-refractivity contribution is 5.98. The highest BCUT2D eigenvalue weighted by Crippen LogP contribution is 2.34. The van der Waals surface area contributed by atoms with E-state index in [0.717, 1.165) is 40.0 Å². The average molecular weight is 496 g/mol. The Morgan fingerprint density at radius 3 is 2.54 bits per heavy atom. The van der Waals surface area contributed by atoms with Crippen LogP contribution in [-0.2, 0) is 4.79 Å². The number of pyridine rings is 1. The molecule has 0 saturated carbocycles. The van der Waals surface area contributed by atoms with Gasteiger partial charge in [0.05, 0.1) is 17.4 Å². The largest absolute Gasteiger partial charge is 0.492 e. The second kappa shape index (κ2) is 12.6. The van der Waals surface area contributed by atoms with Crippen LogP contribution >= 0.6 is 0 Å². The lowest BCUT2D eigenvalue weighted by molar-refractivity contribution is -0.123. The number of carbonyl (C=O) groups is 1. The van der Waals surface area contributed by atoms with Crippen molar-refractivity contribution in [1.29, 1.82) is 0 Å². The molecule has 0 aliphatic rings. The van der Waals surface area contributed by atoms with Gasteiger partial charge in [-0.2, -0.15) is 5.10 Å². The van der Waals surface area contributed by atoms with Crippen molar-refractivity contribution < 1.29 is 9.53 Å². The van der Waals surface area contributed by atoms with E-state index in [4.69, 9.17) is 9.72 Å². The van der Waals surface area contributed by atoms with Crippen molar-refractivity contribution in [3.63, 3.8) is 0 Å². The Morgan fingerprint density at radius 1 is 1.03 bits per heavy atom. The summed E-state index contributed by atoms with van der Waals surface area (Å²) in [6.07, 6.45) is 6.00. The first-order valence-electron chi connectivity index (χ1n) is 12.5. The number of carbonyl (C=O) groups excluding carboxylic acids is 1. The van der Waals surface area contributed by atoms with E-state index in [-0.39, 0.29) is 5.91 Å². The Kier molecular flexibility index (Phi) is 8.84. The zero-order valence-electron chi connectivity index (χ0n) is 21.6. The number of hydrogen-bond acceptors (Lipinski definition) is 5. The Hall–Kier alpha value is -4.23. The van der Waals surface area contributed by atoms with Gasteiger partial charge in [0.2, 0.25) is 5.91 Å². The minimum Gasteiger partial charge on any atom is -0.492 e. The second-order valence-corrected chi connectivity index (χ2v) is 8.78. The molecule has 0 aliphatic heterocycles. The molecular formula is C30H33N5O2. The van der Waals surface area contributed by atoms with Crippen LogP contribution in [0.25, 0.3) is 22.2 Å². The Morgan fingerprint density at radius 2 is 1.81 bits per heavy atom. The topological polar surface area (TPSA) is 83.1 Å².